The fourth-order valence-electron chi connectivity index (χ4n) is 0.774. The zero-order valence-electron chi connectivity index (χ0n) is 6.14. The summed E-state index contributed by atoms with van der Waals surface area (Å²) in [5.41, 5.74) is 0.432. The Hall–Kier alpha value is -0.800. The molecule has 1 N–H and O–H groups in total. The van der Waals surface area contributed by atoms with Crippen molar-refractivity contribution < 1.29 is 9.90 Å². The van der Waals surface area contributed by atoms with E-state index in [1.165, 1.54) is 6.07 Å². The molecule has 0 saturated carbocycles. The first-order chi connectivity index (χ1) is 5.52. The maximum atomic E-state index is 10.5. The van der Waals surface area contributed by atoms with Crippen molar-refractivity contribution in [3.63, 3.8) is 0 Å². The number of carboxylic acid groups (broad SMARTS) is 1. The van der Waals surface area contributed by atoms with Crippen molar-refractivity contribution in [2.45, 2.75) is 6.92 Å². The normalized spacial score (nSPS) is 9.92. The van der Waals surface area contributed by atoms with Crippen LogP contribution in [0.3, 0.4) is 0 Å². The quantitative estimate of drug-likeness (QED) is 0.717. The number of rotatable bonds is 1. The summed E-state index contributed by atoms with van der Waals surface area (Å²) in [6, 6.07) is 1.47. The first-order valence-electron chi connectivity index (χ1n) is 3.08. The molecule has 0 atom stereocenters. The molecule has 0 bridgehead atoms. The first-order valence-corrected chi connectivity index (χ1v) is 3.84. The molecule has 0 aromatic carbocycles. The standard InChI is InChI=1S/C7H5Cl2NO2/c1-3-2-4(8)6(9)10-5(3)7(11)12/h2H,1H3,(H,11,12). The predicted molar refractivity (Wildman–Crippen MR) is 46.0 cm³/mol. The van der Waals surface area contributed by atoms with Crippen LogP contribution in [0.4, 0.5) is 0 Å². The summed E-state index contributed by atoms with van der Waals surface area (Å²) in [7, 11) is 0. The first kappa shape index (κ1) is 9.29. The van der Waals surface area contributed by atoms with Crippen molar-refractivity contribution >= 4 is 29.2 Å². The molecule has 1 aromatic heterocycles. The smallest absolute Gasteiger partial charge is 0.354 e. The van der Waals surface area contributed by atoms with E-state index in [9.17, 15) is 4.79 Å². The Kier molecular flexibility index (Phi) is 2.55. The fraction of sp³-hybridized carbons (Fsp3) is 0.143. The van der Waals surface area contributed by atoms with Crippen LogP contribution >= 0.6 is 23.2 Å². The molecule has 3 nitrogen and oxygen atoms in total. The van der Waals surface area contributed by atoms with Crippen LogP contribution < -0.4 is 0 Å². The second-order valence-electron chi connectivity index (χ2n) is 2.23. The minimum atomic E-state index is -1.11. The van der Waals surface area contributed by atoms with Gasteiger partial charge in [0, 0.05) is 0 Å². The lowest BCUT2D eigenvalue weighted by Crippen LogP contribution is -2.03. The van der Waals surface area contributed by atoms with Gasteiger partial charge in [0.15, 0.2) is 5.69 Å². The Labute approximate surface area is 78.9 Å². The molecule has 0 aliphatic carbocycles. The van der Waals surface area contributed by atoms with Crippen LogP contribution in [0.25, 0.3) is 0 Å². The highest BCUT2D eigenvalue weighted by Gasteiger charge is 2.11. The number of pyridine rings is 1. The summed E-state index contributed by atoms with van der Waals surface area (Å²) in [6.45, 7) is 1.61. The lowest BCUT2D eigenvalue weighted by molar-refractivity contribution is 0.0689. The summed E-state index contributed by atoms with van der Waals surface area (Å²) < 4.78 is 0. The summed E-state index contributed by atoms with van der Waals surface area (Å²) in [5, 5.41) is 8.89. The maximum absolute atomic E-state index is 10.5. The molecule has 1 heterocycles. The molecule has 0 fully saturated rings. The molecular formula is C7H5Cl2NO2. The van der Waals surface area contributed by atoms with E-state index in [0.717, 1.165) is 0 Å². The van der Waals surface area contributed by atoms with Gasteiger partial charge in [-0.1, -0.05) is 23.2 Å². The number of halogens is 2. The number of nitrogens with zero attached hydrogens (tertiary/aromatic N) is 1. The van der Waals surface area contributed by atoms with Gasteiger partial charge in [-0.3, -0.25) is 0 Å². The summed E-state index contributed by atoms with van der Waals surface area (Å²) in [6.07, 6.45) is 0. The van der Waals surface area contributed by atoms with E-state index in [1.807, 2.05) is 0 Å². The molecule has 64 valence electrons. The molecule has 0 saturated heterocycles. The average molecular weight is 206 g/mol. The molecule has 1 aromatic rings. The predicted octanol–water partition coefficient (Wildman–Crippen LogP) is 2.40. The van der Waals surface area contributed by atoms with Crippen LogP contribution in [0, 0.1) is 6.92 Å². The number of carbonyl (C=O) groups is 1. The van der Waals surface area contributed by atoms with E-state index in [-0.39, 0.29) is 15.9 Å². The zero-order valence-corrected chi connectivity index (χ0v) is 7.65. The van der Waals surface area contributed by atoms with Crippen LogP contribution in [-0.2, 0) is 0 Å². The van der Waals surface area contributed by atoms with Crippen LogP contribution in [0.2, 0.25) is 10.2 Å². The lowest BCUT2D eigenvalue weighted by atomic mass is 10.2. The summed E-state index contributed by atoms with van der Waals surface area (Å²) in [5.74, 6) is -1.11. The van der Waals surface area contributed by atoms with Gasteiger partial charge in [0.05, 0.1) is 5.02 Å². The molecule has 0 amide bonds. The van der Waals surface area contributed by atoms with Gasteiger partial charge in [0.2, 0.25) is 0 Å². The van der Waals surface area contributed by atoms with Crippen LogP contribution in [0.1, 0.15) is 16.1 Å². The van der Waals surface area contributed by atoms with Gasteiger partial charge in [0.25, 0.3) is 0 Å². The highest BCUT2D eigenvalue weighted by molar-refractivity contribution is 6.41. The molecule has 0 aliphatic rings. The Morgan fingerprint density at radius 3 is 2.67 bits per heavy atom. The van der Waals surface area contributed by atoms with Gasteiger partial charge >= 0.3 is 5.97 Å². The number of carboxylic acids is 1. The van der Waals surface area contributed by atoms with Gasteiger partial charge in [-0.15, -0.1) is 0 Å². The Morgan fingerprint density at radius 2 is 2.17 bits per heavy atom. The zero-order chi connectivity index (χ0) is 9.30. The van der Waals surface area contributed by atoms with Gasteiger partial charge in [-0.05, 0) is 18.6 Å². The minimum Gasteiger partial charge on any atom is -0.477 e. The van der Waals surface area contributed by atoms with E-state index in [4.69, 9.17) is 28.3 Å². The Balaban J connectivity index is 3.33. The number of aromatic nitrogens is 1. The number of hydrogen-bond acceptors (Lipinski definition) is 2. The van der Waals surface area contributed by atoms with Crippen LogP contribution in [0.5, 0.6) is 0 Å². The second-order valence-corrected chi connectivity index (χ2v) is 3.00. The Bertz CT molecular complexity index is 338. The van der Waals surface area contributed by atoms with Gasteiger partial charge in [-0.25, -0.2) is 9.78 Å². The molecular weight excluding hydrogens is 201 g/mol. The van der Waals surface area contributed by atoms with E-state index in [2.05, 4.69) is 4.98 Å². The van der Waals surface area contributed by atoms with E-state index in [0.29, 0.717) is 5.56 Å². The highest BCUT2D eigenvalue weighted by atomic mass is 35.5. The maximum Gasteiger partial charge on any atom is 0.354 e. The number of aromatic carboxylic acids is 1. The van der Waals surface area contributed by atoms with Gasteiger partial charge in [-0.2, -0.15) is 0 Å². The molecule has 0 spiro atoms. The molecule has 1 rings (SSSR count). The van der Waals surface area contributed by atoms with Crippen molar-refractivity contribution in [1.82, 2.24) is 4.98 Å². The highest BCUT2D eigenvalue weighted by Crippen LogP contribution is 2.21. The average Bonchev–Trinajstić information content (AvgIpc) is 1.96. The van der Waals surface area contributed by atoms with Gasteiger partial charge < -0.3 is 5.11 Å². The van der Waals surface area contributed by atoms with E-state index < -0.39 is 5.97 Å². The van der Waals surface area contributed by atoms with Crippen molar-refractivity contribution in [2.75, 3.05) is 0 Å². The number of aryl methyl sites for hydroxylation is 1. The third-order valence-electron chi connectivity index (χ3n) is 1.33. The SMILES string of the molecule is Cc1cc(Cl)c(Cl)nc1C(=O)O. The van der Waals surface area contributed by atoms with Crippen LogP contribution in [-0.4, -0.2) is 16.1 Å². The third-order valence-corrected chi connectivity index (χ3v) is 2.00. The lowest BCUT2D eigenvalue weighted by Gasteiger charge is -2.01. The van der Waals surface area contributed by atoms with Crippen LogP contribution in [0.15, 0.2) is 6.07 Å². The third kappa shape index (κ3) is 1.68. The van der Waals surface area contributed by atoms with Crippen molar-refractivity contribution in [1.29, 1.82) is 0 Å². The van der Waals surface area contributed by atoms with Crippen molar-refractivity contribution in [3.05, 3.63) is 27.5 Å². The topological polar surface area (TPSA) is 50.2 Å². The minimum absolute atomic E-state index is 0.0136. The fourth-order valence-corrected chi connectivity index (χ4v) is 1.12. The molecule has 0 aliphatic heterocycles. The molecule has 0 unspecified atom stereocenters. The van der Waals surface area contributed by atoms with E-state index in [1.54, 1.807) is 6.92 Å². The van der Waals surface area contributed by atoms with Gasteiger partial charge in [0.1, 0.15) is 5.15 Å². The molecule has 5 heteroatoms. The van der Waals surface area contributed by atoms with Crippen molar-refractivity contribution in [3.8, 4) is 0 Å². The number of hydrogen-bond donors (Lipinski definition) is 1. The Morgan fingerprint density at radius 1 is 1.58 bits per heavy atom. The summed E-state index contributed by atoms with van der Waals surface area (Å²) >= 11 is 11.1. The monoisotopic (exact) mass is 205 g/mol. The molecule has 12 heavy (non-hydrogen) atoms. The van der Waals surface area contributed by atoms with E-state index >= 15 is 0 Å². The van der Waals surface area contributed by atoms with Crippen molar-refractivity contribution in [2.24, 2.45) is 0 Å². The second kappa shape index (κ2) is 3.29. The molecule has 0 radical (unpaired) electrons. The summed E-state index contributed by atoms with van der Waals surface area (Å²) in [4.78, 5) is 14.1. The largest absolute Gasteiger partial charge is 0.477 e.